The number of hydrogen-bond donors (Lipinski definition) is 2. The predicted octanol–water partition coefficient (Wildman–Crippen LogP) is 3.84. The summed E-state index contributed by atoms with van der Waals surface area (Å²) in [6, 6.07) is 14.4. The third-order valence-corrected chi connectivity index (χ3v) is 3.38. The Kier molecular flexibility index (Phi) is 4.88. The summed E-state index contributed by atoms with van der Waals surface area (Å²) in [6.45, 7) is 6.02. The Morgan fingerprint density at radius 1 is 0.800 bits per heavy atom. The van der Waals surface area contributed by atoms with Crippen molar-refractivity contribution in [1.29, 1.82) is 0 Å². The first-order valence-electron chi connectivity index (χ1n) is 6.88. The Labute approximate surface area is 121 Å². The molecule has 0 fully saturated rings. The van der Waals surface area contributed by atoms with Crippen LogP contribution in [-0.4, -0.2) is 20.2 Å². The number of rotatable bonds is 6. The molecular weight excluding hydrogens is 248 g/mol. The van der Waals surface area contributed by atoms with Gasteiger partial charge in [0.05, 0.1) is 7.11 Å². The van der Waals surface area contributed by atoms with Gasteiger partial charge >= 0.3 is 0 Å². The summed E-state index contributed by atoms with van der Waals surface area (Å²) >= 11 is 0. The second-order valence-electron chi connectivity index (χ2n) is 4.88. The second-order valence-corrected chi connectivity index (χ2v) is 4.88. The number of benzene rings is 2. The standard InChI is InChI=1S/C17H22N2O/c1-13-4-5-16(12-14(13)2)19-11-10-18-15-6-8-17(20-3)9-7-15/h4-9,12,18-19H,10-11H2,1-3H3. The number of aryl methyl sites for hydroxylation is 2. The third kappa shape index (κ3) is 3.92. The van der Waals surface area contributed by atoms with Gasteiger partial charge in [-0.15, -0.1) is 0 Å². The highest BCUT2D eigenvalue weighted by Gasteiger charge is 1.96. The van der Waals surface area contributed by atoms with Crippen LogP contribution in [0.1, 0.15) is 11.1 Å². The van der Waals surface area contributed by atoms with Gasteiger partial charge in [-0.2, -0.15) is 0 Å². The minimum absolute atomic E-state index is 0.874. The molecule has 0 aromatic heterocycles. The number of methoxy groups -OCH3 is 1. The van der Waals surface area contributed by atoms with Crippen LogP contribution in [0, 0.1) is 13.8 Å². The van der Waals surface area contributed by atoms with Gasteiger partial charge in [0.15, 0.2) is 0 Å². The Morgan fingerprint density at radius 3 is 2.00 bits per heavy atom. The molecule has 20 heavy (non-hydrogen) atoms. The summed E-state index contributed by atoms with van der Waals surface area (Å²) in [5, 5.41) is 6.79. The van der Waals surface area contributed by atoms with Crippen molar-refractivity contribution in [3.05, 3.63) is 53.6 Å². The Morgan fingerprint density at radius 2 is 1.40 bits per heavy atom. The average molecular weight is 270 g/mol. The zero-order valence-electron chi connectivity index (χ0n) is 12.4. The lowest BCUT2D eigenvalue weighted by Crippen LogP contribution is -2.13. The van der Waals surface area contributed by atoms with E-state index in [0.29, 0.717) is 0 Å². The lowest BCUT2D eigenvalue weighted by molar-refractivity contribution is 0.415. The lowest BCUT2D eigenvalue weighted by atomic mass is 10.1. The van der Waals surface area contributed by atoms with Gasteiger partial charge in [0.1, 0.15) is 5.75 Å². The van der Waals surface area contributed by atoms with Crippen LogP contribution in [0.3, 0.4) is 0 Å². The van der Waals surface area contributed by atoms with Crippen LogP contribution in [-0.2, 0) is 0 Å². The number of nitrogens with one attached hydrogen (secondary N) is 2. The molecule has 106 valence electrons. The van der Waals surface area contributed by atoms with E-state index in [4.69, 9.17) is 4.74 Å². The molecule has 2 aromatic carbocycles. The molecule has 0 bridgehead atoms. The van der Waals surface area contributed by atoms with Gasteiger partial charge in [0.2, 0.25) is 0 Å². The Hall–Kier alpha value is -2.16. The maximum Gasteiger partial charge on any atom is 0.119 e. The van der Waals surface area contributed by atoms with Gasteiger partial charge in [0, 0.05) is 24.5 Å². The van der Waals surface area contributed by atoms with Crippen molar-refractivity contribution in [2.24, 2.45) is 0 Å². The van der Waals surface area contributed by atoms with Crippen molar-refractivity contribution < 1.29 is 4.74 Å². The van der Waals surface area contributed by atoms with E-state index in [1.54, 1.807) is 7.11 Å². The smallest absolute Gasteiger partial charge is 0.119 e. The SMILES string of the molecule is COc1ccc(NCCNc2ccc(C)c(C)c2)cc1. The van der Waals surface area contributed by atoms with Crippen LogP contribution in [0.4, 0.5) is 11.4 Å². The molecule has 0 aliphatic rings. The van der Waals surface area contributed by atoms with Crippen molar-refractivity contribution >= 4 is 11.4 Å². The average Bonchev–Trinajstić information content (AvgIpc) is 2.48. The van der Waals surface area contributed by atoms with Crippen LogP contribution < -0.4 is 15.4 Å². The van der Waals surface area contributed by atoms with E-state index in [2.05, 4.69) is 42.7 Å². The summed E-state index contributed by atoms with van der Waals surface area (Å²) < 4.78 is 5.13. The first-order valence-corrected chi connectivity index (χ1v) is 6.88. The molecule has 3 nitrogen and oxygen atoms in total. The van der Waals surface area contributed by atoms with Gasteiger partial charge in [-0.1, -0.05) is 6.07 Å². The number of anilines is 2. The molecule has 0 aliphatic carbocycles. The minimum Gasteiger partial charge on any atom is -0.497 e. The first-order chi connectivity index (χ1) is 9.69. The number of hydrogen-bond acceptors (Lipinski definition) is 3. The Balaban J connectivity index is 1.76. The van der Waals surface area contributed by atoms with E-state index in [1.165, 1.54) is 16.8 Å². The van der Waals surface area contributed by atoms with Crippen molar-refractivity contribution in [2.75, 3.05) is 30.8 Å². The Bertz CT molecular complexity index is 549. The first kappa shape index (κ1) is 14.3. The monoisotopic (exact) mass is 270 g/mol. The van der Waals surface area contributed by atoms with Crippen LogP contribution in [0.2, 0.25) is 0 Å². The predicted molar refractivity (Wildman–Crippen MR) is 85.9 cm³/mol. The molecule has 3 heteroatoms. The van der Waals surface area contributed by atoms with E-state index in [-0.39, 0.29) is 0 Å². The minimum atomic E-state index is 0.874. The van der Waals surface area contributed by atoms with Gasteiger partial charge in [0.25, 0.3) is 0 Å². The fraction of sp³-hybridized carbons (Fsp3) is 0.294. The highest BCUT2D eigenvalue weighted by molar-refractivity contribution is 5.49. The lowest BCUT2D eigenvalue weighted by Gasteiger charge is -2.10. The third-order valence-electron chi connectivity index (χ3n) is 3.38. The molecule has 0 unspecified atom stereocenters. The molecule has 2 N–H and O–H groups in total. The zero-order chi connectivity index (χ0) is 14.4. The molecule has 0 spiro atoms. The van der Waals surface area contributed by atoms with Gasteiger partial charge in [-0.3, -0.25) is 0 Å². The highest BCUT2D eigenvalue weighted by atomic mass is 16.5. The van der Waals surface area contributed by atoms with E-state index >= 15 is 0 Å². The maximum absolute atomic E-state index is 5.13. The second kappa shape index (κ2) is 6.85. The molecule has 0 radical (unpaired) electrons. The van der Waals surface area contributed by atoms with Crippen LogP contribution in [0.5, 0.6) is 5.75 Å². The summed E-state index contributed by atoms with van der Waals surface area (Å²) in [5.74, 6) is 0.879. The van der Waals surface area contributed by atoms with E-state index < -0.39 is 0 Å². The van der Waals surface area contributed by atoms with Crippen LogP contribution >= 0.6 is 0 Å². The fourth-order valence-electron chi connectivity index (χ4n) is 1.97. The van der Waals surface area contributed by atoms with E-state index in [9.17, 15) is 0 Å². The molecule has 0 aliphatic heterocycles. The molecule has 2 rings (SSSR count). The van der Waals surface area contributed by atoms with Crippen molar-refractivity contribution in [1.82, 2.24) is 0 Å². The van der Waals surface area contributed by atoms with Gasteiger partial charge < -0.3 is 15.4 Å². The maximum atomic E-state index is 5.13. The molecule has 0 saturated carbocycles. The zero-order valence-corrected chi connectivity index (χ0v) is 12.4. The van der Waals surface area contributed by atoms with E-state index in [1.807, 2.05) is 24.3 Å². The summed E-state index contributed by atoms with van der Waals surface area (Å²) in [5.41, 5.74) is 4.92. The molecule has 0 saturated heterocycles. The highest BCUT2D eigenvalue weighted by Crippen LogP contribution is 2.15. The summed E-state index contributed by atoms with van der Waals surface area (Å²) in [4.78, 5) is 0. The molecule has 0 atom stereocenters. The van der Waals surface area contributed by atoms with Gasteiger partial charge in [-0.05, 0) is 61.4 Å². The summed E-state index contributed by atoms with van der Waals surface area (Å²) in [6.07, 6.45) is 0. The molecule has 2 aromatic rings. The van der Waals surface area contributed by atoms with Crippen molar-refractivity contribution in [3.63, 3.8) is 0 Å². The fourth-order valence-corrected chi connectivity index (χ4v) is 1.97. The van der Waals surface area contributed by atoms with Crippen LogP contribution in [0.15, 0.2) is 42.5 Å². The van der Waals surface area contributed by atoms with Crippen molar-refractivity contribution in [3.8, 4) is 5.75 Å². The largest absolute Gasteiger partial charge is 0.497 e. The van der Waals surface area contributed by atoms with Crippen LogP contribution in [0.25, 0.3) is 0 Å². The molecular formula is C17H22N2O. The molecule has 0 amide bonds. The van der Waals surface area contributed by atoms with Crippen molar-refractivity contribution in [2.45, 2.75) is 13.8 Å². The molecule has 0 heterocycles. The quantitative estimate of drug-likeness (QED) is 0.783. The normalized spacial score (nSPS) is 10.2. The number of ether oxygens (including phenoxy) is 1. The summed E-state index contributed by atoms with van der Waals surface area (Å²) in [7, 11) is 1.68. The topological polar surface area (TPSA) is 33.3 Å². The van der Waals surface area contributed by atoms with E-state index in [0.717, 1.165) is 24.5 Å². The van der Waals surface area contributed by atoms with Gasteiger partial charge in [-0.25, -0.2) is 0 Å².